The van der Waals surface area contributed by atoms with Crippen LogP contribution in [-0.4, -0.2) is 41.4 Å². The van der Waals surface area contributed by atoms with Crippen molar-refractivity contribution in [2.75, 3.05) is 13.1 Å². The normalized spacial score (nSPS) is 15.6. The highest BCUT2D eigenvalue weighted by molar-refractivity contribution is 5.91. The van der Waals surface area contributed by atoms with Gasteiger partial charge in [0.05, 0.1) is 5.54 Å². The zero-order chi connectivity index (χ0) is 21.6. The molecule has 1 heterocycles. The van der Waals surface area contributed by atoms with E-state index in [2.05, 4.69) is 29.6 Å². The van der Waals surface area contributed by atoms with E-state index in [0.29, 0.717) is 25.4 Å². The fourth-order valence-electron chi connectivity index (χ4n) is 3.94. The molecule has 6 heteroatoms. The largest absolute Gasteiger partial charge is 0.343 e. The minimum atomic E-state index is -1.02. The van der Waals surface area contributed by atoms with E-state index >= 15 is 0 Å². The van der Waals surface area contributed by atoms with Crippen LogP contribution >= 0.6 is 12.4 Å². The van der Waals surface area contributed by atoms with Crippen LogP contribution in [0.5, 0.6) is 0 Å². The Balaban J connectivity index is 0.00000341. The number of nitrogens with zero attached hydrogens (tertiary/aromatic N) is 1. The molecule has 3 N–H and O–H groups in total. The molecule has 0 unspecified atom stereocenters. The third-order valence-electron chi connectivity index (χ3n) is 5.83. The third-order valence-corrected chi connectivity index (χ3v) is 5.83. The van der Waals surface area contributed by atoms with Gasteiger partial charge in [0.1, 0.15) is 6.04 Å². The highest BCUT2D eigenvalue weighted by atomic mass is 35.5. The number of halogens is 1. The maximum atomic E-state index is 13.3. The maximum Gasteiger partial charge on any atom is 0.245 e. The van der Waals surface area contributed by atoms with E-state index in [1.54, 1.807) is 13.8 Å². The Morgan fingerprint density at radius 3 is 2.13 bits per heavy atom. The summed E-state index contributed by atoms with van der Waals surface area (Å²) < 4.78 is 0. The number of hydrogen-bond acceptors (Lipinski definition) is 3. The molecule has 0 radical (unpaired) electrons. The van der Waals surface area contributed by atoms with Crippen molar-refractivity contribution < 1.29 is 9.59 Å². The molecule has 31 heavy (non-hydrogen) atoms. The number of amides is 2. The fraction of sp³-hybridized carbons (Fsp3) is 0.440. The van der Waals surface area contributed by atoms with Crippen molar-refractivity contribution in [3.8, 4) is 0 Å². The maximum absolute atomic E-state index is 13.3. The Morgan fingerprint density at radius 1 is 1.03 bits per heavy atom. The van der Waals surface area contributed by atoms with Gasteiger partial charge >= 0.3 is 0 Å². The number of carbonyl (C=O) groups is 2. The minimum absolute atomic E-state index is 0. The molecule has 5 nitrogen and oxygen atoms in total. The Labute approximate surface area is 191 Å². The number of piperidine rings is 1. The second-order valence-corrected chi connectivity index (χ2v) is 8.78. The number of carbonyl (C=O) groups excluding carboxylic acids is 2. The van der Waals surface area contributed by atoms with Crippen LogP contribution in [0.25, 0.3) is 0 Å². The molecule has 168 valence electrons. The van der Waals surface area contributed by atoms with Crippen LogP contribution in [0, 0.1) is 0 Å². The van der Waals surface area contributed by atoms with Crippen molar-refractivity contribution >= 4 is 24.2 Å². The van der Waals surface area contributed by atoms with Gasteiger partial charge in [0.25, 0.3) is 0 Å². The molecular formula is C25H34ClN3O2. The smallest absolute Gasteiger partial charge is 0.245 e. The number of hydrogen-bond donors (Lipinski definition) is 2. The van der Waals surface area contributed by atoms with Gasteiger partial charge in [-0.1, -0.05) is 60.7 Å². The van der Waals surface area contributed by atoms with Crippen LogP contribution in [-0.2, 0) is 16.0 Å². The summed E-state index contributed by atoms with van der Waals surface area (Å²) in [4.78, 5) is 27.7. The summed E-state index contributed by atoms with van der Waals surface area (Å²) in [6, 6.07) is 20.0. The molecule has 0 aromatic heterocycles. The van der Waals surface area contributed by atoms with Gasteiger partial charge in [-0.3, -0.25) is 9.59 Å². The van der Waals surface area contributed by atoms with E-state index in [0.717, 1.165) is 24.8 Å². The second-order valence-electron chi connectivity index (χ2n) is 8.78. The van der Waals surface area contributed by atoms with E-state index < -0.39 is 11.6 Å². The van der Waals surface area contributed by atoms with Crippen LogP contribution < -0.4 is 11.1 Å². The van der Waals surface area contributed by atoms with E-state index in [1.807, 2.05) is 41.3 Å². The van der Waals surface area contributed by atoms with Crippen LogP contribution in [0.2, 0.25) is 0 Å². The van der Waals surface area contributed by atoms with Crippen LogP contribution in [0.4, 0.5) is 0 Å². The standard InChI is InChI=1S/C25H33N3O2.ClH/c1-25(2,26)24(30)27-22(14-13-19-9-5-3-6-10-19)23(29)28-17-15-21(16-18-28)20-11-7-4-8-12-20;/h3-12,21-22H,13-18,26H2,1-2H3,(H,27,30);1H/t22-;/m1./s1. The summed E-state index contributed by atoms with van der Waals surface area (Å²) in [6.45, 7) is 4.74. The van der Waals surface area contributed by atoms with E-state index in [-0.39, 0.29) is 24.2 Å². The second kappa shape index (κ2) is 11.3. The number of nitrogens with two attached hydrogens (primary N) is 1. The number of rotatable bonds is 7. The van der Waals surface area contributed by atoms with E-state index in [4.69, 9.17) is 5.73 Å². The molecule has 2 aromatic rings. The van der Waals surface area contributed by atoms with Gasteiger partial charge in [0.15, 0.2) is 0 Å². The highest BCUT2D eigenvalue weighted by Crippen LogP contribution is 2.28. The lowest BCUT2D eigenvalue weighted by atomic mass is 9.89. The predicted octanol–water partition coefficient (Wildman–Crippen LogP) is 3.67. The molecule has 1 aliphatic rings. The van der Waals surface area contributed by atoms with Crippen LogP contribution in [0.3, 0.4) is 0 Å². The lowest BCUT2D eigenvalue weighted by molar-refractivity contribution is -0.138. The zero-order valence-electron chi connectivity index (χ0n) is 18.4. The molecular weight excluding hydrogens is 410 g/mol. The molecule has 2 amide bonds. The molecule has 1 aliphatic heterocycles. The van der Waals surface area contributed by atoms with Crippen molar-refractivity contribution in [3.05, 3.63) is 71.8 Å². The van der Waals surface area contributed by atoms with Crippen molar-refractivity contribution in [2.45, 2.75) is 57.0 Å². The van der Waals surface area contributed by atoms with Gasteiger partial charge in [0, 0.05) is 13.1 Å². The summed E-state index contributed by atoms with van der Waals surface area (Å²) in [5.74, 6) is 0.179. The third kappa shape index (κ3) is 7.08. The first-order valence-corrected chi connectivity index (χ1v) is 10.8. The van der Waals surface area contributed by atoms with Gasteiger partial charge in [-0.25, -0.2) is 0 Å². The predicted molar refractivity (Wildman–Crippen MR) is 127 cm³/mol. The summed E-state index contributed by atoms with van der Waals surface area (Å²) in [6.07, 6.45) is 3.17. The van der Waals surface area contributed by atoms with Crippen molar-refractivity contribution in [3.63, 3.8) is 0 Å². The minimum Gasteiger partial charge on any atom is -0.343 e. The zero-order valence-corrected chi connectivity index (χ0v) is 19.2. The average Bonchev–Trinajstić information content (AvgIpc) is 2.77. The molecule has 0 spiro atoms. The highest BCUT2D eigenvalue weighted by Gasteiger charge is 2.32. The summed E-state index contributed by atoms with van der Waals surface area (Å²) in [7, 11) is 0. The van der Waals surface area contributed by atoms with Gasteiger partial charge < -0.3 is 16.0 Å². The van der Waals surface area contributed by atoms with E-state index in [1.165, 1.54) is 5.56 Å². The van der Waals surface area contributed by atoms with Gasteiger partial charge in [-0.2, -0.15) is 0 Å². The van der Waals surface area contributed by atoms with Gasteiger partial charge in [-0.15, -0.1) is 12.4 Å². The molecule has 1 fully saturated rings. The van der Waals surface area contributed by atoms with Gasteiger partial charge in [0.2, 0.25) is 11.8 Å². The lowest BCUT2D eigenvalue weighted by Crippen LogP contribution is -2.57. The van der Waals surface area contributed by atoms with Gasteiger partial charge in [-0.05, 0) is 56.6 Å². The first kappa shape index (κ1) is 24.9. The Morgan fingerprint density at radius 2 is 1.58 bits per heavy atom. The number of likely N-dealkylation sites (tertiary alicyclic amines) is 1. The SMILES string of the molecule is CC(C)(N)C(=O)N[C@H](CCc1ccccc1)C(=O)N1CCC(c2ccccc2)CC1.Cl. The Hall–Kier alpha value is -2.37. The molecule has 0 saturated carbocycles. The van der Waals surface area contributed by atoms with Crippen molar-refractivity contribution in [1.29, 1.82) is 0 Å². The molecule has 3 rings (SSSR count). The summed E-state index contributed by atoms with van der Waals surface area (Å²) in [5.41, 5.74) is 7.43. The quantitative estimate of drug-likeness (QED) is 0.685. The molecule has 0 aliphatic carbocycles. The Bertz CT molecular complexity index is 829. The van der Waals surface area contributed by atoms with E-state index in [9.17, 15) is 9.59 Å². The first-order valence-electron chi connectivity index (χ1n) is 10.8. The van der Waals surface area contributed by atoms with Crippen LogP contribution in [0.1, 0.15) is 50.2 Å². The molecule has 1 saturated heterocycles. The Kier molecular flexibility index (Phi) is 9.08. The fourth-order valence-corrected chi connectivity index (χ4v) is 3.94. The molecule has 2 aromatic carbocycles. The lowest BCUT2D eigenvalue weighted by Gasteiger charge is -2.35. The van der Waals surface area contributed by atoms with Crippen molar-refractivity contribution in [1.82, 2.24) is 10.2 Å². The number of nitrogens with one attached hydrogen (secondary N) is 1. The average molecular weight is 444 g/mol. The molecule has 0 bridgehead atoms. The van der Waals surface area contributed by atoms with Crippen molar-refractivity contribution in [2.24, 2.45) is 5.73 Å². The summed E-state index contributed by atoms with van der Waals surface area (Å²) >= 11 is 0. The van der Waals surface area contributed by atoms with Crippen LogP contribution in [0.15, 0.2) is 60.7 Å². The monoisotopic (exact) mass is 443 g/mol. The first-order chi connectivity index (χ1) is 14.3. The summed E-state index contributed by atoms with van der Waals surface area (Å²) in [5, 5.41) is 2.91. The number of benzene rings is 2. The molecule has 1 atom stereocenters. The topological polar surface area (TPSA) is 75.4 Å². The number of aryl methyl sites for hydroxylation is 1.